The Morgan fingerprint density at radius 2 is 1.63 bits per heavy atom. The number of rotatable bonds is 2. The van der Waals surface area contributed by atoms with E-state index in [-0.39, 0.29) is 23.0 Å². The number of hydrogen-bond acceptors (Lipinski definition) is 6. The Balaban J connectivity index is 2.07. The zero-order chi connectivity index (χ0) is 13.2. The summed E-state index contributed by atoms with van der Waals surface area (Å²) < 4.78 is 5.07. The smallest absolute Gasteiger partial charge is 0.265 e. The molecule has 0 spiro atoms. The number of pyridine rings is 1. The zero-order valence-corrected chi connectivity index (χ0v) is 9.69. The largest absolute Gasteiger partial charge is 0.507 e. The summed E-state index contributed by atoms with van der Waals surface area (Å²) >= 11 is 0. The van der Waals surface area contributed by atoms with Gasteiger partial charge in [0.25, 0.3) is 5.89 Å². The number of benzene rings is 1. The lowest BCUT2D eigenvalue weighted by molar-refractivity contribution is 0.416. The van der Waals surface area contributed by atoms with Crippen LogP contribution < -0.4 is 0 Å². The van der Waals surface area contributed by atoms with E-state index in [0.29, 0.717) is 5.82 Å². The molecule has 6 heteroatoms. The van der Waals surface area contributed by atoms with Gasteiger partial charge < -0.3 is 14.7 Å². The van der Waals surface area contributed by atoms with Gasteiger partial charge in [0.1, 0.15) is 17.1 Å². The fourth-order valence-corrected chi connectivity index (χ4v) is 1.69. The fraction of sp³-hybridized carbons (Fsp3) is 0. The van der Waals surface area contributed by atoms with E-state index in [2.05, 4.69) is 15.1 Å². The number of phenolic OH excluding ortho intramolecular Hbond substituents is 2. The summed E-state index contributed by atoms with van der Waals surface area (Å²) in [5.74, 6) is 0.178. The Hall–Kier alpha value is -2.89. The highest BCUT2D eigenvalue weighted by Crippen LogP contribution is 2.36. The van der Waals surface area contributed by atoms with Gasteiger partial charge in [-0.15, -0.1) is 0 Å². The van der Waals surface area contributed by atoms with Crippen molar-refractivity contribution in [2.45, 2.75) is 0 Å². The Morgan fingerprint density at radius 1 is 0.947 bits per heavy atom. The summed E-state index contributed by atoms with van der Waals surface area (Å²) in [7, 11) is 0. The van der Waals surface area contributed by atoms with Crippen molar-refractivity contribution in [1.29, 1.82) is 0 Å². The third kappa shape index (κ3) is 1.99. The molecule has 3 rings (SSSR count). The van der Waals surface area contributed by atoms with Crippen LogP contribution in [0.15, 0.2) is 47.2 Å². The van der Waals surface area contributed by atoms with Gasteiger partial charge in [-0.25, -0.2) is 0 Å². The molecule has 0 fully saturated rings. The molecule has 0 saturated heterocycles. The van der Waals surface area contributed by atoms with Crippen molar-refractivity contribution < 1.29 is 14.7 Å². The van der Waals surface area contributed by atoms with E-state index in [1.54, 1.807) is 24.5 Å². The maximum absolute atomic E-state index is 9.73. The maximum atomic E-state index is 9.73. The van der Waals surface area contributed by atoms with Gasteiger partial charge in [-0.1, -0.05) is 11.2 Å². The van der Waals surface area contributed by atoms with Crippen molar-refractivity contribution in [3.8, 4) is 34.3 Å². The minimum Gasteiger partial charge on any atom is -0.507 e. The standard InChI is InChI=1S/C13H9N3O3/c17-9-2-1-3-10(18)11(9)13-15-12(16-19-13)8-4-6-14-7-5-8/h1-7,17-18H. The van der Waals surface area contributed by atoms with Crippen LogP contribution in [0.4, 0.5) is 0 Å². The average Bonchev–Trinajstić information content (AvgIpc) is 2.89. The van der Waals surface area contributed by atoms with Crippen LogP contribution in [-0.2, 0) is 0 Å². The lowest BCUT2D eigenvalue weighted by Crippen LogP contribution is -1.83. The summed E-state index contributed by atoms with van der Waals surface area (Å²) in [5.41, 5.74) is 0.857. The van der Waals surface area contributed by atoms with Crippen molar-refractivity contribution >= 4 is 0 Å². The SMILES string of the molecule is Oc1cccc(O)c1-c1nc(-c2ccncc2)no1. The van der Waals surface area contributed by atoms with Crippen LogP contribution in [-0.4, -0.2) is 25.3 Å². The topological polar surface area (TPSA) is 92.3 Å². The van der Waals surface area contributed by atoms with Gasteiger partial charge >= 0.3 is 0 Å². The van der Waals surface area contributed by atoms with Gasteiger partial charge in [0.15, 0.2) is 0 Å². The highest BCUT2D eigenvalue weighted by Gasteiger charge is 2.17. The third-order valence-corrected chi connectivity index (χ3v) is 2.60. The second-order valence-electron chi connectivity index (χ2n) is 3.83. The van der Waals surface area contributed by atoms with E-state index >= 15 is 0 Å². The molecule has 2 heterocycles. The average molecular weight is 255 g/mol. The molecule has 0 saturated carbocycles. The molecule has 2 N–H and O–H groups in total. The maximum Gasteiger partial charge on any atom is 0.265 e. The highest BCUT2D eigenvalue weighted by atomic mass is 16.5. The van der Waals surface area contributed by atoms with Crippen molar-refractivity contribution in [2.24, 2.45) is 0 Å². The van der Waals surface area contributed by atoms with Crippen LogP contribution in [0.2, 0.25) is 0 Å². The number of phenols is 2. The Kier molecular flexibility index (Phi) is 2.60. The summed E-state index contributed by atoms with van der Waals surface area (Å²) in [6.45, 7) is 0. The van der Waals surface area contributed by atoms with E-state index in [1.165, 1.54) is 18.2 Å². The van der Waals surface area contributed by atoms with E-state index < -0.39 is 0 Å². The third-order valence-electron chi connectivity index (χ3n) is 2.60. The molecule has 19 heavy (non-hydrogen) atoms. The molecule has 94 valence electrons. The van der Waals surface area contributed by atoms with Gasteiger partial charge in [0.05, 0.1) is 0 Å². The minimum absolute atomic E-state index is 0.0578. The Bertz CT molecular complexity index is 690. The van der Waals surface area contributed by atoms with Crippen LogP contribution in [0.3, 0.4) is 0 Å². The molecule has 2 aromatic heterocycles. The van der Waals surface area contributed by atoms with E-state index in [0.717, 1.165) is 5.56 Å². The first-order valence-electron chi connectivity index (χ1n) is 5.51. The first kappa shape index (κ1) is 11.2. The molecule has 0 unspecified atom stereocenters. The van der Waals surface area contributed by atoms with Gasteiger partial charge in [0, 0.05) is 18.0 Å². The summed E-state index contributed by atoms with van der Waals surface area (Å²) in [4.78, 5) is 8.04. The molecule has 0 bridgehead atoms. The summed E-state index contributed by atoms with van der Waals surface area (Å²) in [6, 6.07) is 7.86. The fourth-order valence-electron chi connectivity index (χ4n) is 1.69. The molecular weight excluding hydrogens is 246 g/mol. The molecule has 0 atom stereocenters. The normalized spacial score (nSPS) is 10.5. The second-order valence-corrected chi connectivity index (χ2v) is 3.83. The van der Waals surface area contributed by atoms with Gasteiger partial charge in [-0.05, 0) is 24.3 Å². The molecule has 0 radical (unpaired) electrons. The lowest BCUT2D eigenvalue weighted by Gasteiger charge is -2.00. The van der Waals surface area contributed by atoms with Crippen LogP contribution in [0.1, 0.15) is 0 Å². The van der Waals surface area contributed by atoms with Gasteiger partial charge in [-0.3, -0.25) is 4.98 Å². The van der Waals surface area contributed by atoms with Crippen LogP contribution in [0.5, 0.6) is 11.5 Å². The molecule has 0 aliphatic heterocycles. The lowest BCUT2D eigenvalue weighted by atomic mass is 10.2. The number of nitrogens with zero attached hydrogens (tertiary/aromatic N) is 3. The van der Waals surface area contributed by atoms with E-state index in [1.807, 2.05) is 0 Å². The summed E-state index contributed by atoms with van der Waals surface area (Å²) in [5, 5.41) is 23.3. The van der Waals surface area contributed by atoms with Gasteiger partial charge in [-0.2, -0.15) is 4.98 Å². The van der Waals surface area contributed by atoms with Crippen molar-refractivity contribution in [2.75, 3.05) is 0 Å². The molecule has 1 aromatic carbocycles. The number of hydrogen-bond donors (Lipinski definition) is 2. The van der Waals surface area contributed by atoms with Crippen molar-refractivity contribution in [3.63, 3.8) is 0 Å². The van der Waals surface area contributed by atoms with Crippen molar-refractivity contribution in [1.82, 2.24) is 15.1 Å². The van der Waals surface area contributed by atoms with Gasteiger partial charge in [0.2, 0.25) is 5.82 Å². The predicted molar refractivity (Wildman–Crippen MR) is 66.3 cm³/mol. The van der Waals surface area contributed by atoms with Crippen molar-refractivity contribution in [3.05, 3.63) is 42.7 Å². The number of aromatic hydroxyl groups is 2. The van der Waals surface area contributed by atoms with E-state index in [4.69, 9.17) is 4.52 Å². The minimum atomic E-state index is -0.120. The quantitative estimate of drug-likeness (QED) is 0.729. The first-order chi connectivity index (χ1) is 9.25. The molecule has 0 aliphatic carbocycles. The Morgan fingerprint density at radius 3 is 2.32 bits per heavy atom. The van der Waals surface area contributed by atoms with Crippen LogP contribution in [0.25, 0.3) is 22.8 Å². The monoisotopic (exact) mass is 255 g/mol. The molecule has 0 aliphatic rings. The second kappa shape index (κ2) is 4.41. The molecular formula is C13H9N3O3. The number of aromatic nitrogens is 3. The first-order valence-corrected chi connectivity index (χ1v) is 5.51. The molecule has 6 nitrogen and oxygen atoms in total. The van der Waals surface area contributed by atoms with E-state index in [9.17, 15) is 10.2 Å². The molecule has 0 amide bonds. The predicted octanol–water partition coefficient (Wildman–Crippen LogP) is 2.21. The zero-order valence-electron chi connectivity index (χ0n) is 9.69. The van der Waals surface area contributed by atoms with Crippen LogP contribution >= 0.6 is 0 Å². The summed E-state index contributed by atoms with van der Waals surface area (Å²) in [6.07, 6.45) is 3.23. The van der Waals surface area contributed by atoms with Crippen LogP contribution in [0, 0.1) is 0 Å². The Labute approximate surface area is 108 Å². The molecule has 3 aromatic rings. The highest BCUT2D eigenvalue weighted by molar-refractivity contribution is 5.70.